The van der Waals surface area contributed by atoms with Crippen LogP contribution in [0.2, 0.25) is 0 Å². The molecule has 0 bridgehead atoms. The van der Waals surface area contributed by atoms with Crippen molar-refractivity contribution in [3.63, 3.8) is 0 Å². The first-order valence-electron chi connectivity index (χ1n) is 7.55. The molecule has 0 saturated carbocycles. The Labute approximate surface area is 132 Å². The summed E-state index contributed by atoms with van der Waals surface area (Å²) in [5, 5.41) is 6.38. The molecule has 2 heterocycles. The van der Waals surface area contributed by atoms with Gasteiger partial charge in [0.1, 0.15) is 0 Å². The molecule has 2 aliphatic rings. The molecule has 2 amide bonds. The summed E-state index contributed by atoms with van der Waals surface area (Å²) in [7, 11) is 0. The van der Waals surface area contributed by atoms with Crippen LogP contribution in [0.15, 0.2) is 0 Å². The fourth-order valence-electron chi connectivity index (χ4n) is 2.71. The molecule has 2 rings (SSSR count). The number of piperidine rings is 1. The molecular formula is C14H26ClN3O3. The van der Waals surface area contributed by atoms with Crippen molar-refractivity contribution in [1.29, 1.82) is 0 Å². The van der Waals surface area contributed by atoms with E-state index >= 15 is 0 Å². The Bertz CT molecular complexity index is 348. The highest BCUT2D eigenvalue weighted by molar-refractivity contribution is 5.85. The lowest BCUT2D eigenvalue weighted by atomic mass is 9.99. The molecule has 2 N–H and O–H groups in total. The monoisotopic (exact) mass is 319 g/mol. The lowest BCUT2D eigenvalue weighted by Gasteiger charge is -2.31. The molecule has 0 aliphatic carbocycles. The van der Waals surface area contributed by atoms with Crippen LogP contribution < -0.4 is 10.6 Å². The van der Waals surface area contributed by atoms with Crippen LogP contribution in [0.25, 0.3) is 0 Å². The number of halogens is 1. The molecule has 0 aromatic carbocycles. The maximum Gasteiger partial charge on any atom is 0.223 e. The molecule has 21 heavy (non-hydrogen) atoms. The Morgan fingerprint density at radius 1 is 1.29 bits per heavy atom. The number of ether oxygens (including phenoxy) is 1. The predicted molar refractivity (Wildman–Crippen MR) is 82.5 cm³/mol. The lowest BCUT2D eigenvalue weighted by Crippen LogP contribution is -2.52. The summed E-state index contributed by atoms with van der Waals surface area (Å²) in [5.74, 6) is 0.0328. The number of nitrogens with zero attached hydrogens (tertiary/aromatic N) is 1. The summed E-state index contributed by atoms with van der Waals surface area (Å²) < 4.78 is 5.21. The van der Waals surface area contributed by atoms with Crippen molar-refractivity contribution in [2.75, 3.05) is 32.8 Å². The lowest BCUT2D eigenvalue weighted by molar-refractivity contribution is -0.137. The minimum Gasteiger partial charge on any atom is -0.378 e. The SMILES string of the molecule is CC1NCCCC1NC(=O)CCC(=O)N1CCOCC1.Cl. The Kier molecular flexibility index (Phi) is 8.00. The second kappa shape index (κ2) is 9.23. The number of nitrogens with one attached hydrogen (secondary N) is 2. The standard InChI is InChI=1S/C14H25N3O3.ClH/c1-11-12(3-2-6-15-11)16-13(18)4-5-14(19)17-7-9-20-10-8-17;/h11-12,15H,2-10H2,1H3,(H,16,18);1H. The van der Waals surface area contributed by atoms with Crippen LogP contribution in [0.1, 0.15) is 32.6 Å². The van der Waals surface area contributed by atoms with E-state index in [1.54, 1.807) is 4.90 Å². The van der Waals surface area contributed by atoms with Gasteiger partial charge in [0.25, 0.3) is 0 Å². The smallest absolute Gasteiger partial charge is 0.223 e. The van der Waals surface area contributed by atoms with Crippen LogP contribution in [0.5, 0.6) is 0 Å². The van der Waals surface area contributed by atoms with Gasteiger partial charge in [0, 0.05) is 38.0 Å². The van der Waals surface area contributed by atoms with Crippen molar-refractivity contribution < 1.29 is 14.3 Å². The van der Waals surface area contributed by atoms with Crippen LogP contribution in [0.4, 0.5) is 0 Å². The summed E-state index contributed by atoms with van der Waals surface area (Å²) in [4.78, 5) is 25.6. The topological polar surface area (TPSA) is 70.7 Å². The Hall–Kier alpha value is -0.850. The summed E-state index contributed by atoms with van der Waals surface area (Å²) >= 11 is 0. The first kappa shape index (κ1) is 18.2. The number of hydrogen-bond acceptors (Lipinski definition) is 4. The average Bonchev–Trinajstić information content (AvgIpc) is 2.48. The number of amides is 2. The van der Waals surface area contributed by atoms with Crippen LogP contribution in [-0.2, 0) is 14.3 Å². The van der Waals surface area contributed by atoms with Crippen LogP contribution in [0.3, 0.4) is 0 Å². The van der Waals surface area contributed by atoms with Crippen molar-refractivity contribution in [2.45, 2.75) is 44.7 Å². The van der Waals surface area contributed by atoms with Gasteiger partial charge in [-0.05, 0) is 26.3 Å². The van der Waals surface area contributed by atoms with Gasteiger partial charge in [0.05, 0.1) is 13.2 Å². The van der Waals surface area contributed by atoms with Crippen molar-refractivity contribution in [3.05, 3.63) is 0 Å². The molecule has 0 radical (unpaired) electrons. The van der Waals surface area contributed by atoms with Gasteiger partial charge in [-0.1, -0.05) is 0 Å². The maximum atomic E-state index is 11.9. The van der Waals surface area contributed by atoms with E-state index in [9.17, 15) is 9.59 Å². The van der Waals surface area contributed by atoms with Crippen LogP contribution >= 0.6 is 12.4 Å². The molecule has 0 spiro atoms. The van der Waals surface area contributed by atoms with Gasteiger partial charge in [-0.3, -0.25) is 9.59 Å². The number of carbonyl (C=O) groups excluding carboxylic acids is 2. The molecule has 2 saturated heterocycles. The highest BCUT2D eigenvalue weighted by Crippen LogP contribution is 2.09. The first-order valence-corrected chi connectivity index (χ1v) is 7.55. The largest absolute Gasteiger partial charge is 0.378 e. The molecule has 2 aliphatic heterocycles. The van der Waals surface area contributed by atoms with E-state index in [0.717, 1.165) is 19.4 Å². The molecular weight excluding hydrogens is 294 g/mol. The van der Waals surface area contributed by atoms with Crippen LogP contribution in [0, 0.1) is 0 Å². The summed E-state index contributed by atoms with van der Waals surface area (Å²) in [6.07, 6.45) is 2.67. The molecule has 122 valence electrons. The number of hydrogen-bond donors (Lipinski definition) is 2. The fourth-order valence-corrected chi connectivity index (χ4v) is 2.71. The average molecular weight is 320 g/mol. The van der Waals surface area contributed by atoms with E-state index in [4.69, 9.17) is 4.74 Å². The second-order valence-corrected chi connectivity index (χ2v) is 5.55. The first-order chi connectivity index (χ1) is 9.66. The third-order valence-corrected chi connectivity index (χ3v) is 4.04. The third-order valence-electron chi connectivity index (χ3n) is 4.04. The van der Waals surface area contributed by atoms with E-state index in [1.807, 2.05) is 0 Å². The van der Waals surface area contributed by atoms with E-state index < -0.39 is 0 Å². The minimum absolute atomic E-state index is 0. The molecule has 7 heteroatoms. The van der Waals surface area contributed by atoms with Crippen molar-refractivity contribution in [2.24, 2.45) is 0 Å². The van der Waals surface area contributed by atoms with E-state index in [2.05, 4.69) is 17.6 Å². The van der Waals surface area contributed by atoms with Crippen molar-refractivity contribution >= 4 is 24.2 Å². The van der Waals surface area contributed by atoms with Gasteiger partial charge in [-0.15, -0.1) is 12.4 Å². The Morgan fingerprint density at radius 3 is 2.67 bits per heavy atom. The zero-order chi connectivity index (χ0) is 14.4. The van der Waals surface area contributed by atoms with Gasteiger partial charge in [0.15, 0.2) is 0 Å². The number of carbonyl (C=O) groups is 2. The maximum absolute atomic E-state index is 11.9. The highest BCUT2D eigenvalue weighted by Gasteiger charge is 2.23. The summed E-state index contributed by atoms with van der Waals surface area (Å²) in [6, 6.07) is 0.498. The summed E-state index contributed by atoms with van der Waals surface area (Å²) in [6.45, 7) is 5.59. The van der Waals surface area contributed by atoms with Gasteiger partial charge >= 0.3 is 0 Å². The van der Waals surface area contributed by atoms with E-state index in [0.29, 0.717) is 38.8 Å². The molecule has 2 fully saturated rings. The molecule has 2 unspecified atom stereocenters. The molecule has 0 aromatic heterocycles. The Morgan fingerprint density at radius 2 is 2.00 bits per heavy atom. The zero-order valence-electron chi connectivity index (χ0n) is 12.6. The number of rotatable bonds is 4. The predicted octanol–water partition coefficient (Wildman–Crippen LogP) is 0.304. The molecule has 6 nitrogen and oxygen atoms in total. The van der Waals surface area contributed by atoms with Crippen molar-refractivity contribution in [3.8, 4) is 0 Å². The second-order valence-electron chi connectivity index (χ2n) is 5.55. The normalized spacial score (nSPS) is 25.9. The van der Waals surface area contributed by atoms with E-state index in [1.165, 1.54) is 0 Å². The van der Waals surface area contributed by atoms with Gasteiger partial charge in [-0.2, -0.15) is 0 Å². The van der Waals surface area contributed by atoms with Gasteiger partial charge < -0.3 is 20.3 Å². The van der Waals surface area contributed by atoms with E-state index in [-0.39, 0.29) is 36.7 Å². The molecule has 2 atom stereocenters. The van der Waals surface area contributed by atoms with Crippen LogP contribution in [-0.4, -0.2) is 61.6 Å². The highest BCUT2D eigenvalue weighted by atomic mass is 35.5. The zero-order valence-corrected chi connectivity index (χ0v) is 13.4. The fraction of sp³-hybridized carbons (Fsp3) is 0.857. The number of morpholine rings is 1. The Balaban J connectivity index is 0.00000220. The quantitative estimate of drug-likeness (QED) is 0.782. The van der Waals surface area contributed by atoms with Gasteiger partial charge in [-0.25, -0.2) is 0 Å². The van der Waals surface area contributed by atoms with Gasteiger partial charge in [0.2, 0.25) is 11.8 Å². The minimum atomic E-state index is -0.0211. The third kappa shape index (κ3) is 5.80. The molecule has 0 aromatic rings. The van der Waals surface area contributed by atoms with Crippen molar-refractivity contribution in [1.82, 2.24) is 15.5 Å². The summed E-state index contributed by atoms with van der Waals surface area (Å²) in [5.41, 5.74) is 0.